The predicted molar refractivity (Wildman–Crippen MR) is 48.4 cm³/mol. The van der Waals surface area contributed by atoms with Crippen molar-refractivity contribution in [2.24, 2.45) is 5.92 Å². The van der Waals surface area contributed by atoms with Gasteiger partial charge in [0.15, 0.2) is 0 Å². The van der Waals surface area contributed by atoms with E-state index in [0.29, 0.717) is 0 Å². The van der Waals surface area contributed by atoms with Crippen LogP contribution in [0.2, 0.25) is 0 Å². The van der Waals surface area contributed by atoms with Crippen LogP contribution in [0.15, 0.2) is 11.1 Å². The van der Waals surface area contributed by atoms with Crippen LogP contribution in [0.5, 0.6) is 0 Å². The van der Waals surface area contributed by atoms with Gasteiger partial charge in [0.05, 0.1) is 0 Å². The van der Waals surface area contributed by atoms with E-state index in [2.05, 4.69) is 22.5 Å². The molecule has 0 aromatic heterocycles. The Morgan fingerprint density at radius 2 is 2.55 bits per heavy atom. The maximum atomic E-state index is 11.3. The lowest BCUT2D eigenvalue weighted by molar-refractivity contribution is -0.129. The molecule has 1 amide bonds. The molecule has 2 nitrogen and oxygen atoms in total. The summed E-state index contributed by atoms with van der Waals surface area (Å²) >= 11 is 3.27. The summed E-state index contributed by atoms with van der Waals surface area (Å²) in [5.74, 6) is 0.428. The molecule has 0 spiro atoms. The molecule has 0 saturated carbocycles. The summed E-state index contributed by atoms with van der Waals surface area (Å²) in [5, 5.41) is 0. The molecular weight excluding hydrogens is 206 g/mol. The molecule has 1 heterocycles. The van der Waals surface area contributed by atoms with Crippen molar-refractivity contribution in [1.29, 1.82) is 0 Å². The zero-order chi connectivity index (χ0) is 8.43. The van der Waals surface area contributed by atoms with Gasteiger partial charge in [0.2, 0.25) is 5.91 Å². The van der Waals surface area contributed by atoms with Crippen LogP contribution in [0.1, 0.15) is 12.8 Å². The molecule has 1 fully saturated rings. The molecule has 0 N–H and O–H groups in total. The van der Waals surface area contributed by atoms with E-state index >= 15 is 0 Å². The third kappa shape index (κ3) is 2.06. The number of rotatable bonds is 2. The van der Waals surface area contributed by atoms with E-state index in [-0.39, 0.29) is 11.8 Å². The first-order chi connectivity index (χ1) is 5.11. The van der Waals surface area contributed by atoms with E-state index in [4.69, 9.17) is 0 Å². The van der Waals surface area contributed by atoms with Gasteiger partial charge < -0.3 is 4.90 Å². The molecule has 11 heavy (non-hydrogen) atoms. The molecule has 0 aromatic rings. The van der Waals surface area contributed by atoms with Crippen LogP contribution in [0.3, 0.4) is 0 Å². The zero-order valence-electron chi connectivity index (χ0n) is 6.64. The minimum absolute atomic E-state index is 0.173. The Labute approximate surface area is 75.4 Å². The molecule has 1 unspecified atom stereocenters. The molecular formula is C8H12BrNO. The van der Waals surface area contributed by atoms with Crippen LogP contribution >= 0.6 is 15.9 Å². The van der Waals surface area contributed by atoms with Gasteiger partial charge in [0, 0.05) is 19.5 Å². The van der Waals surface area contributed by atoms with Crippen LogP contribution in [0.4, 0.5) is 0 Å². The number of carbonyl (C=O) groups excluding carboxylic acids is 1. The van der Waals surface area contributed by atoms with Crippen molar-refractivity contribution < 1.29 is 4.79 Å². The van der Waals surface area contributed by atoms with Crippen LogP contribution in [0, 0.1) is 5.92 Å². The second kappa shape index (κ2) is 3.39. The average molecular weight is 218 g/mol. The minimum atomic E-state index is 0.173. The van der Waals surface area contributed by atoms with Crippen LogP contribution in [-0.2, 0) is 4.79 Å². The minimum Gasteiger partial charge on any atom is -0.345 e. The highest BCUT2D eigenvalue weighted by Gasteiger charge is 2.28. The third-order valence-electron chi connectivity index (χ3n) is 2.01. The van der Waals surface area contributed by atoms with Crippen LogP contribution in [-0.4, -0.2) is 24.4 Å². The molecule has 1 aliphatic rings. The molecule has 1 saturated heterocycles. The summed E-state index contributed by atoms with van der Waals surface area (Å²) in [6.45, 7) is 4.62. The van der Waals surface area contributed by atoms with Gasteiger partial charge >= 0.3 is 0 Å². The summed E-state index contributed by atoms with van der Waals surface area (Å²) in [7, 11) is 1.85. The number of amides is 1. The van der Waals surface area contributed by atoms with E-state index < -0.39 is 0 Å². The summed E-state index contributed by atoms with van der Waals surface area (Å²) in [6.07, 6.45) is 1.75. The number of nitrogens with zero attached hydrogens (tertiary/aromatic N) is 1. The first-order valence-electron chi connectivity index (χ1n) is 3.69. The van der Waals surface area contributed by atoms with Crippen molar-refractivity contribution in [3.05, 3.63) is 11.1 Å². The zero-order valence-corrected chi connectivity index (χ0v) is 8.23. The molecule has 0 aromatic carbocycles. The van der Waals surface area contributed by atoms with Gasteiger partial charge in [0.1, 0.15) is 0 Å². The Morgan fingerprint density at radius 1 is 1.91 bits per heavy atom. The second-order valence-corrected chi connectivity index (χ2v) is 4.09. The maximum absolute atomic E-state index is 11.3. The van der Waals surface area contributed by atoms with E-state index in [0.717, 1.165) is 23.9 Å². The van der Waals surface area contributed by atoms with E-state index in [1.165, 1.54) is 0 Å². The van der Waals surface area contributed by atoms with Gasteiger partial charge in [-0.1, -0.05) is 22.5 Å². The number of carbonyl (C=O) groups is 1. The summed E-state index contributed by atoms with van der Waals surface area (Å²) < 4.78 is 0.922. The van der Waals surface area contributed by atoms with Gasteiger partial charge in [-0.15, -0.1) is 0 Å². The first kappa shape index (κ1) is 8.78. The van der Waals surface area contributed by atoms with Crippen molar-refractivity contribution in [1.82, 2.24) is 4.90 Å². The summed E-state index contributed by atoms with van der Waals surface area (Å²) in [5.41, 5.74) is 0. The fraction of sp³-hybridized carbons (Fsp3) is 0.625. The Kier molecular flexibility index (Phi) is 2.71. The average Bonchev–Trinajstić information content (AvgIpc) is 2.18. The number of hydrogen-bond acceptors (Lipinski definition) is 1. The Hall–Kier alpha value is -0.310. The van der Waals surface area contributed by atoms with E-state index in [1.54, 1.807) is 4.90 Å². The highest BCUT2D eigenvalue weighted by Crippen LogP contribution is 2.24. The second-order valence-electron chi connectivity index (χ2n) is 2.97. The molecule has 1 atom stereocenters. The lowest BCUT2D eigenvalue weighted by atomic mass is 10.0. The molecule has 62 valence electrons. The molecule has 3 heteroatoms. The van der Waals surface area contributed by atoms with Gasteiger partial charge in [-0.2, -0.15) is 0 Å². The lowest BCUT2D eigenvalue weighted by Crippen LogP contribution is -2.22. The summed E-state index contributed by atoms with van der Waals surface area (Å²) in [6, 6.07) is 0. The number of allylic oxidation sites excluding steroid dienone is 1. The molecule has 0 bridgehead atoms. The molecule has 0 radical (unpaired) electrons. The Bertz CT molecular complexity index is 191. The highest BCUT2D eigenvalue weighted by atomic mass is 79.9. The highest BCUT2D eigenvalue weighted by molar-refractivity contribution is 9.11. The predicted octanol–water partition coefficient (Wildman–Crippen LogP) is 1.76. The van der Waals surface area contributed by atoms with Gasteiger partial charge in [-0.05, 0) is 17.3 Å². The number of halogens is 1. The van der Waals surface area contributed by atoms with Crippen molar-refractivity contribution in [2.75, 3.05) is 13.6 Å². The van der Waals surface area contributed by atoms with Gasteiger partial charge in [-0.25, -0.2) is 0 Å². The normalized spacial score (nSPS) is 24.4. The van der Waals surface area contributed by atoms with Crippen molar-refractivity contribution in [3.63, 3.8) is 0 Å². The van der Waals surface area contributed by atoms with Crippen LogP contribution < -0.4 is 0 Å². The number of hydrogen-bond donors (Lipinski definition) is 0. The van der Waals surface area contributed by atoms with E-state index in [1.807, 2.05) is 7.05 Å². The first-order valence-corrected chi connectivity index (χ1v) is 4.49. The van der Waals surface area contributed by atoms with Crippen molar-refractivity contribution >= 4 is 21.8 Å². The Balaban J connectivity index is 2.49. The summed E-state index contributed by atoms with van der Waals surface area (Å²) in [4.78, 5) is 13.1. The largest absolute Gasteiger partial charge is 0.345 e. The SMILES string of the molecule is C=C(Br)CC1CCN(C)C1=O. The van der Waals surface area contributed by atoms with E-state index in [9.17, 15) is 4.79 Å². The Morgan fingerprint density at radius 3 is 2.91 bits per heavy atom. The third-order valence-corrected chi connectivity index (χ3v) is 2.33. The van der Waals surface area contributed by atoms with Crippen molar-refractivity contribution in [2.45, 2.75) is 12.8 Å². The fourth-order valence-corrected chi connectivity index (χ4v) is 1.74. The number of likely N-dealkylation sites (tertiary alicyclic amines) is 1. The van der Waals surface area contributed by atoms with Crippen LogP contribution in [0.25, 0.3) is 0 Å². The fourth-order valence-electron chi connectivity index (χ4n) is 1.35. The molecule has 1 rings (SSSR count). The molecule has 0 aliphatic carbocycles. The van der Waals surface area contributed by atoms with Crippen molar-refractivity contribution in [3.8, 4) is 0 Å². The van der Waals surface area contributed by atoms with Gasteiger partial charge in [-0.3, -0.25) is 4.79 Å². The molecule has 1 aliphatic heterocycles. The lowest BCUT2D eigenvalue weighted by Gasteiger charge is -2.08. The topological polar surface area (TPSA) is 20.3 Å². The standard InChI is InChI=1S/C8H12BrNO/c1-6(9)5-7-3-4-10(2)8(7)11/h7H,1,3-5H2,2H3. The maximum Gasteiger partial charge on any atom is 0.225 e. The van der Waals surface area contributed by atoms with Gasteiger partial charge in [0.25, 0.3) is 0 Å². The quantitative estimate of drug-likeness (QED) is 0.691. The monoisotopic (exact) mass is 217 g/mol. The smallest absolute Gasteiger partial charge is 0.225 e.